The Kier molecular flexibility index (Phi) is 4.35. The number of carbonyl (C=O) groups is 1. The molecule has 1 aromatic rings. The highest BCUT2D eigenvalue weighted by Gasteiger charge is 2.47. The molecule has 3 saturated heterocycles. The molecule has 4 heteroatoms. The van der Waals surface area contributed by atoms with E-state index in [0.29, 0.717) is 18.4 Å². The van der Waals surface area contributed by atoms with E-state index in [1.807, 2.05) is 12.1 Å². The number of nitrogens with zero attached hydrogens (tertiary/aromatic N) is 1. The van der Waals surface area contributed by atoms with E-state index in [4.69, 9.17) is 10.5 Å². The number of piperidine rings is 2. The molecular formula is C20H28N2O2. The van der Waals surface area contributed by atoms with Crippen LogP contribution >= 0.6 is 0 Å². The van der Waals surface area contributed by atoms with Crippen LogP contribution in [0.25, 0.3) is 0 Å². The molecule has 4 nitrogen and oxygen atoms in total. The van der Waals surface area contributed by atoms with Crippen molar-refractivity contribution < 1.29 is 9.53 Å². The summed E-state index contributed by atoms with van der Waals surface area (Å²) in [7, 11) is 0. The quantitative estimate of drug-likeness (QED) is 0.928. The number of carbonyl (C=O) groups excluding carboxylic acids is 1. The number of benzene rings is 1. The number of amides is 1. The Labute approximate surface area is 144 Å². The van der Waals surface area contributed by atoms with E-state index in [1.165, 1.54) is 18.4 Å². The van der Waals surface area contributed by atoms with Crippen molar-refractivity contribution in [2.24, 2.45) is 11.7 Å². The largest absolute Gasteiger partial charge is 0.381 e. The lowest BCUT2D eigenvalue weighted by Gasteiger charge is -2.54. The van der Waals surface area contributed by atoms with Gasteiger partial charge in [-0.15, -0.1) is 0 Å². The zero-order valence-electron chi connectivity index (χ0n) is 14.4. The van der Waals surface area contributed by atoms with Gasteiger partial charge in [0.15, 0.2) is 0 Å². The molecule has 5 rings (SSSR count). The minimum absolute atomic E-state index is 0.0921. The fourth-order valence-electron chi connectivity index (χ4n) is 4.82. The van der Waals surface area contributed by atoms with Gasteiger partial charge in [-0.1, -0.05) is 12.1 Å². The standard InChI is InChI=1S/C20H28N2O2/c21-14-20-9-5-15(6-10-20)13-22(20)19(23)18-3-1-16(2-4-18)17-7-11-24-12-8-17/h1-4,15,17H,5-14,21H2. The van der Waals surface area contributed by atoms with Crippen molar-refractivity contribution in [2.75, 3.05) is 26.3 Å². The van der Waals surface area contributed by atoms with Gasteiger partial charge >= 0.3 is 0 Å². The third kappa shape index (κ3) is 2.76. The van der Waals surface area contributed by atoms with Gasteiger partial charge in [0.25, 0.3) is 5.91 Å². The maximum Gasteiger partial charge on any atom is 0.254 e. The van der Waals surface area contributed by atoms with Gasteiger partial charge < -0.3 is 15.4 Å². The van der Waals surface area contributed by atoms with Crippen LogP contribution in [0.2, 0.25) is 0 Å². The number of nitrogens with two attached hydrogens (primary N) is 1. The highest BCUT2D eigenvalue weighted by molar-refractivity contribution is 5.95. The van der Waals surface area contributed by atoms with Gasteiger partial charge in [0, 0.05) is 31.9 Å². The molecule has 0 atom stereocenters. The Morgan fingerprint density at radius 1 is 1.12 bits per heavy atom. The summed E-state index contributed by atoms with van der Waals surface area (Å²) in [6.07, 6.45) is 6.75. The van der Waals surface area contributed by atoms with Gasteiger partial charge in [-0.2, -0.15) is 0 Å². The molecule has 0 aromatic heterocycles. The van der Waals surface area contributed by atoms with Crippen molar-refractivity contribution in [1.82, 2.24) is 4.90 Å². The molecule has 1 aliphatic carbocycles. The molecule has 1 saturated carbocycles. The SMILES string of the molecule is NCC12CCC(CC1)CN2C(=O)c1ccc(C2CCOCC2)cc1. The lowest BCUT2D eigenvalue weighted by atomic mass is 9.70. The van der Waals surface area contributed by atoms with Crippen LogP contribution in [0.15, 0.2) is 24.3 Å². The summed E-state index contributed by atoms with van der Waals surface area (Å²) in [4.78, 5) is 15.2. The molecule has 0 radical (unpaired) electrons. The Morgan fingerprint density at radius 3 is 2.42 bits per heavy atom. The predicted octanol–water partition coefficient (Wildman–Crippen LogP) is 2.92. The van der Waals surface area contributed by atoms with E-state index in [1.54, 1.807) is 0 Å². The van der Waals surface area contributed by atoms with Gasteiger partial charge in [0.2, 0.25) is 0 Å². The Balaban J connectivity index is 1.52. The second kappa shape index (κ2) is 6.49. The fraction of sp³-hybridized carbons (Fsp3) is 0.650. The molecule has 0 spiro atoms. The minimum atomic E-state index is -0.0921. The van der Waals surface area contributed by atoms with Crippen LogP contribution in [0.1, 0.15) is 60.4 Å². The molecule has 2 bridgehead atoms. The molecule has 3 aliphatic heterocycles. The van der Waals surface area contributed by atoms with Crippen molar-refractivity contribution in [2.45, 2.75) is 50.0 Å². The Bertz CT molecular complexity index is 584. The lowest BCUT2D eigenvalue weighted by molar-refractivity contribution is -0.0152. The average molecular weight is 328 g/mol. The second-order valence-corrected chi connectivity index (χ2v) is 7.80. The maximum absolute atomic E-state index is 13.1. The third-order valence-corrected chi connectivity index (χ3v) is 6.52. The summed E-state index contributed by atoms with van der Waals surface area (Å²) in [5.74, 6) is 1.41. The van der Waals surface area contributed by atoms with Crippen molar-refractivity contribution in [3.05, 3.63) is 35.4 Å². The molecule has 3 heterocycles. The van der Waals surface area contributed by atoms with E-state index in [0.717, 1.165) is 51.0 Å². The van der Waals surface area contributed by atoms with Crippen LogP contribution in [0.4, 0.5) is 0 Å². The summed E-state index contributed by atoms with van der Waals surface area (Å²) < 4.78 is 5.44. The van der Waals surface area contributed by atoms with E-state index in [-0.39, 0.29) is 11.4 Å². The highest BCUT2D eigenvalue weighted by Crippen LogP contribution is 2.43. The molecule has 4 aliphatic rings. The fourth-order valence-corrected chi connectivity index (χ4v) is 4.82. The van der Waals surface area contributed by atoms with Crippen LogP contribution in [0, 0.1) is 5.92 Å². The molecule has 130 valence electrons. The number of hydrogen-bond donors (Lipinski definition) is 1. The van der Waals surface area contributed by atoms with Crippen LogP contribution in [-0.4, -0.2) is 42.6 Å². The van der Waals surface area contributed by atoms with E-state index < -0.39 is 0 Å². The van der Waals surface area contributed by atoms with E-state index in [2.05, 4.69) is 17.0 Å². The van der Waals surface area contributed by atoms with Gasteiger partial charge in [-0.3, -0.25) is 4.79 Å². The molecule has 1 aromatic carbocycles. The van der Waals surface area contributed by atoms with Gasteiger partial charge in [-0.05, 0) is 68.1 Å². The summed E-state index contributed by atoms with van der Waals surface area (Å²) in [6, 6.07) is 8.31. The van der Waals surface area contributed by atoms with E-state index >= 15 is 0 Å². The number of fused-ring (bicyclic) bond motifs is 3. The van der Waals surface area contributed by atoms with Crippen LogP contribution in [0.3, 0.4) is 0 Å². The topological polar surface area (TPSA) is 55.6 Å². The lowest BCUT2D eigenvalue weighted by Crippen LogP contribution is -2.63. The average Bonchev–Trinajstić information content (AvgIpc) is 2.69. The predicted molar refractivity (Wildman–Crippen MR) is 94.0 cm³/mol. The van der Waals surface area contributed by atoms with Gasteiger partial charge in [0.1, 0.15) is 0 Å². The maximum atomic E-state index is 13.1. The molecular weight excluding hydrogens is 300 g/mol. The summed E-state index contributed by atoms with van der Waals surface area (Å²) in [5, 5.41) is 0. The number of ether oxygens (including phenoxy) is 1. The van der Waals surface area contributed by atoms with Gasteiger partial charge in [-0.25, -0.2) is 0 Å². The second-order valence-electron chi connectivity index (χ2n) is 7.80. The Morgan fingerprint density at radius 2 is 1.79 bits per heavy atom. The number of rotatable bonds is 3. The Hall–Kier alpha value is -1.39. The van der Waals surface area contributed by atoms with Gasteiger partial charge in [0.05, 0.1) is 5.54 Å². The van der Waals surface area contributed by atoms with Crippen molar-refractivity contribution in [3.63, 3.8) is 0 Å². The molecule has 24 heavy (non-hydrogen) atoms. The molecule has 0 unspecified atom stereocenters. The monoisotopic (exact) mass is 328 g/mol. The minimum Gasteiger partial charge on any atom is -0.381 e. The summed E-state index contributed by atoms with van der Waals surface area (Å²) in [6.45, 7) is 3.17. The number of hydrogen-bond acceptors (Lipinski definition) is 3. The molecule has 1 amide bonds. The van der Waals surface area contributed by atoms with Crippen LogP contribution < -0.4 is 5.73 Å². The van der Waals surface area contributed by atoms with E-state index in [9.17, 15) is 4.79 Å². The van der Waals surface area contributed by atoms with Crippen LogP contribution in [-0.2, 0) is 4.74 Å². The summed E-state index contributed by atoms with van der Waals surface area (Å²) >= 11 is 0. The van der Waals surface area contributed by atoms with Crippen molar-refractivity contribution >= 4 is 5.91 Å². The van der Waals surface area contributed by atoms with Crippen LogP contribution in [0.5, 0.6) is 0 Å². The van der Waals surface area contributed by atoms with Crippen molar-refractivity contribution in [3.8, 4) is 0 Å². The van der Waals surface area contributed by atoms with Crippen molar-refractivity contribution in [1.29, 1.82) is 0 Å². The zero-order valence-corrected chi connectivity index (χ0v) is 14.4. The summed E-state index contributed by atoms with van der Waals surface area (Å²) in [5.41, 5.74) is 8.15. The first-order chi connectivity index (χ1) is 11.7. The molecule has 4 fully saturated rings. The first-order valence-electron chi connectivity index (χ1n) is 9.42. The normalized spacial score (nSPS) is 30.5. The zero-order chi connectivity index (χ0) is 16.6. The smallest absolute Gasteiger partial charge is 0.254 e. The third-order valence-electron chi connectivity index (χ3n) is 6.52. The first-order valence-corrected chi connectivity index (χ1v) is 9.42. The first kappa shape index (κ1) is 16.1. The highest BCUT2D eigenvalue weighted by atomic mass is 16.5. The molecule has 2 N–H and O–H groups in total.